The summed E-state index contributed by atoms with van der Waals surface area (Å²) in [5.41, 5.74) is 17.1. The average Bonchev–Trinajstić information content (AvgIpc) is 3.89. The molecule has 0 aromatic carbocycles. The van der Waals surface area contributed by atoms with Crippen LogP contribution in [0.5, 0.6) is 0 Å². The molecule has 3 aliphatic rings. The number of aliphatic hydroxyl groups excluding tert-OH is 1. The van der Waals surface area contributed by atoms with Gasteiger partial charge in [0.25, 0.3) is 0 Å². The number of aliphatic hydroxyl groups is 1. The van der Waals surface area contributed by atoms with Crippen molar-refractivity contribution in [3.05, 3.63) is 35.4 Å². The fourth-order valence-corrected chi connectivity index (χ4v) is 8.26. The predicted molar refractivity (Wildman–Crippen MR) is 181 cm³/mol. The molecule has 24 nitrogen and oxygen atoms in total. The number of hydrogen-bond donors (Lipinski definition) is 8. The van der Waals surface area contributed by atoms with Crippen molar-refractivity contribution in [1.29, 1.82) is 0 Å². The maximum Gasteiger partial charge on any atom is 0.472 e. The Bertz CT molecular complexity index is 1930. The first kappa shape index (κ1) is 39.6. The number of esters is 1. The highest BCUT2D eigenvalue weighted by atomic mass is 32.2. The number of phosphoric acid groups is 2. The van der Waals surface area contributed by atoms with Crippen LogP contribution in [0.3, 0.4) is 0 Å². The molecule has 0 radical (unpaired) electrons. The number of thioether (sulfide) groups is 1. The van der Waals surface area contributed by atoms with Gasteiger partial charge in [-0.15, -0.1) is 11.8 Å². The van der Waals surface area contributed by atoms with Gasteiger partial charge in [0.15, 0.2) is 23.8 Å². The van der Waals surface area contributed by atoms with Gasteiger partial charge in [-0.2, -0.15) is 4.98 Å². The van der Waals surface area contributed by atoms with Gasteiger partial charge in [0.2, 0.25) is 0 Å². The normalized spacial score (nSPS) is 29.4. The van der Waals surface area contributed by atoms with Crippen LogP contribution in [0.1, 0.15) is 31.7 Å². The summed E-state index contributed by atoms with van der Waals surface area (Å²) in [5.74, 6) is -0.116. The van der Waals surface area contributed by atoms with E-state index in [1.807, 2.05) is 0 Å². The number of carbonyl (C=O) groups is 1. The Morgan fingerprint density at radius 3 is 2.60 bits per heavy atom. The number of carbonyl (C=O) groups excluding carboxylic acids is 1. The smallest absolute Gasteiger partial charge is 0.455 e. The molecule has 0 aliphatic carbocycles. The third-order valence-corrected chi connectivity index (χ3v) is 11.3. The van der Waals surface area contributed by atoms with Crippen LogP contribution in [0.2, 0.25) is 0 Å². The number of nitrogens with one attached hydrogen (secondary N) is 1. The van der Waals surface area contributed by atoms with E-state index in [-0.39, 0.29) is 40.9 Å². The van der Waals surface area contributed by atoms with Gasteiger partial charge < -0.3 is 56.5 Å². The molecule has 3 aromatic rings. The maximum absolute atomic E-state index is 13.3. The number of phosphoric ester groups is 2. The highest BCUT2D eigenvalue weighted by Crippen LogP contribution is 2.50. The molecule has 10 atom stereocenters. The van der Waals surface area contributed by atoms with Gasteiger partial charge in [-0.1, -0.05) is 0 Å². The van der Waals surface area contributed by atoms with E-state index in [0.717, 1.165) is 17.0 Å². The van der Waals surface area contributed by atoms with Crippen LogP contribution in [0, 0.1) is 0 Å². The minimum absolute atomic E-state index is 0.0456. The van der Waals surface area contributed by atoms with Gasteiger partial charge in [-0.05, 0) is 18.9 Å². The summed E-state index contributed by atoms with van der Waals surface area (Å²) >= 11 is 1.70. The van der Waals surface area contributed by atoms with Crippen LogP contribution in [-0.2, 0) is 41.7 Å². The zero-order chi connectivity index (χ0) is 38.1. The van der Waals surface area contributed by atoms with Crippen LogP contribution in [0.15, 0.2) is 29.7 Å². The second-order valence-corrected chi connectivity index (χ2v) is 16.1. The van der Waals surface area contributed by atoms with E-state index in [1.165, 1.54) is 29.5 Å². The summed E-state index contributed by atoms with van der Waals surface area (Å²) in [4.78, 5) is 70.6. The van der Waals surface area contributed by atoms with Gasteiger partial charge in [0.05, 0.1) is 19.5 Å². The molecule has 6 rings (SSSR count). The Balaban J connectivity index is 1.17. The minimum atomic E-state index is -5.13. The third kappa shape index (κ3) is 9.58. The molecule has 292 valence electrons. The van der Waals surface area contributed by atoms with E-state index in [1.54, 1.807) is 11.8 Å². The van der Waals surface area contributed by atoms with Crippen LogP contribution >= 0.6 is 27.4 Å². The molecular weight excluding hydrogens is 770 g/mol. The second kappa shape index (κ2) is 16.3. The first-order valence-corrected chi connectivity index (χ1v) is 20.1. The van der Waals surface area contributed by atoms with Gasteiger partial charge in [0, 0.05) is 30.3 Å². The first-order chi connectivity index (χ1) is 25.1. The first-order valence-electron chi connectivity index (χ1n) is 16.0. The summed E-state index contributed by atoms with van der Waals surface area (Å²) in [6, 6.07) is 0.226. The zero-order valence-corrected chi connectivity index (χ0v) is 30.1. The summed E-state index contributed by atoms with van der Waals surface area (Å²) in [5, 5.41) is 14.9. The lowest BCUT2D eigenvalue weighted by molar-refractivity contribution is -0.158. The van der Waals surface area contributed by atoms with Gasteiger partial charge >= 0.3 is 27.3 Å². The molecule has 0 amide bonds. The topological polar surface area (TPSA) is 356 Å². The minimum Gasteiger partial charge on any atom is -0.455 e. The molecule has 3 fully saturated rings. The molecule has 3 saturated heterocycles. The van der Waals surface area contributed by atoms with E-state index in [4.69, 9.17) is 40.5 Å². The number of nitrogens with zero attached hydrogens (tertiary/aromatic N) is 6. The van der Waals surface area contributed by atoms with Crippen LogP contribution in [-0.4, -0.2) is 122 Å². The summed E-state index contributed by atoms with van der Waals surface area (Å²) < 4.78 is 59.5. The lowest BCUT2D eigenvalue weighted by Crippen LogP contribution is -2.43. The lowest BCUT2D eigenvalue weighted by atomic mass is 10.1. The van der Waals surface area contributed by atoms with Crippen molar-refractivity contribution in [1.82, 2.24) is 34.4 Å². The fourth-order valence-electron chi connectivity index (χ4n) is 5.95. The zero-order valence-electron chi connectivity index (χ0n) is 27.5. The highest BCUT2D eigenvalue weighted by molar-refractivity contribution is 8.00. The Labute approximate surface area is 303 Å². The molecule has 3 aromatic heterocycles. The number of anilines is 2. The lowest BCUT2D eigenvalue weighted by Gasteiger charge is -2.24. The van der Waals surface area contributed by atoms with Crippen LogP contribution in [0.4, 0.5) is 11.6 Å². The number of nitrogen functional groups attached to an aromatic ring is 2. The Morgan fingerprint density at radius 1 is 1.11 bits per heavy atom. The Morgan fingerprint density at radius 2 is 1.89 bits per heavy atom. The number of hydrogen-bond acceptors (Lipinski definition) is 20. The van der Waals surface area contributed by atoms with Crippen molar-refractivity contribution in [2.75, 3.05) is 37.1 Å². The summed E-state index contributed by atoms with van der Waals surface area (Å²) in [6.45, 7) is -0.852. The van der Waals surface area contributed by atoms with Gasteiger partial charge in [-0.25, -0.2) is 28.9 Å². The molecule has 0 bridgehead atoms. The predicted octanol–water partition coefficient (Wildman–Crippen LogP) is -1.91. The molecule has 27 heteroatoms. The highest BCUT2D eigenvalue weighted by Gasteiger charge is 2.50. The maximum atomic E-state index is 13.3. The van der Waals surface area contributed by atoms with Crippen molar-refractivity contribution in [2.45, 2.75) is 73.5 Å². The third-order valence-electron chi connectivity index (χ3n) is 8.54. The number of imidazole rings is 1. The summed E-state index contributed by atoms with van der Waals surface area (Å²) in [7, 11) is -10.2. The van der Waals surface area contributed by atoms with Gasteiger partial charge in [-0.3, -0.25) is 27.5 Å². The fraction of sp³-hybridized carbons (Fsp3) is 0.615. The molecular formula is C26H38N10O14P2S. The number of nitrogens with two attached hydrogens (primary N) is 3. The van der Waals surface area contributed by atoms with E-state index in [2.05, 4.69) is 29.8 Å². The number of ether oxygens (including phenoxy) is 3. The van der Waals surface area contributed by atoms with Crippen molar-refractivity contribution >= 4 is 56.2 Å². The van der Waals surface area contributed by atoms with E-state index >= 15 is 0 Å². The van der Waals surface area contributed by atoms with Crippen molar-refractivity contribution in [3.8, 4) is 0 Å². The standard InChI is InChI=1S/C26H38N10O14P2S/c27-13(2-1-12-6-30-11-53-12)25(38)49-21-16(48-24(20(21)37)36-10-33-19-22(29)31-9-32-23(19)36)8-46-52(43,44)50-14-5-18(35-4-3-17(28)34-26(35)39)47-15(14)7-45-51(40,41)42/h3-4,9-10,12-16,18,20-21,24,30,37H,1-2,5-8,11,27H2,(H,43,44)(H2,28,34,39)(H2,29,31,32)(H2,40,41,42)/t12-,13?,14-,15+,16+,18+,20+,21+,24?/m0/s1. The Kier molecular flexibility index (Phi) is 12.2. The van der Waals surface area contributed by atoms with Crippen LogP contribution in [0.25, 0.3) is 11.2 Å². The molecule has 3 unspecified atom stereocenters. The van der Waals surface area contributed by atoms with Gasteiger partial charge in [0.1, 0.15) is 54.3 Å². The monoisotopic (exact) mass is 808 g/mol. The van der Waals surface area contributed by atoms with E-state index < -0.39 is 89.5 Å². The molecule has 53 heavy (non-hydrogen) atoms. The van der Waals surface area contributed by atoms with Crippen LogP contribution < -0.4 is 28.2 Å². The quantitative estimate of drug-likeness (QED) is 0.0613. The largest absolute Gasteiger partial charge is 0.472 e. The molecule has 6 heterocycles. The average molecular weight is 809 g/mol. The second-order valence-electron chi connectivity index (χ2n) is 12.2. The van der Waals surface area contributed by atoms with Crippen molar-refractivity contribution in [2.24, 2.45) is 5.73 Å². The molecule has 0 spiro atoms. The molecule has 0 saturated carbocycles. The van der Waals surface area contributed by atoms with Crippen molar-refractivity contribution < 1.29 is 61.5 Å². The van der Waals surface area contributed by atoms with E-state index in [0.29, 0.717) is 6.42 Å². The summed E-state index contributed by atoms with van der Waals surface area (Å²) in [6.07, 6.45) is -5.55. The van der Waals surface area contributed by atoms with E-state index in [9.17, 15) is 38.5 Å². The number of rotatable bonds is 15. The van der Waals surface area contributed by atoms with Crippen molar-refractivity contribution in [3.63, 3.8) is 0 Å². The number of aromatic nitrogens is 6. The Hall–Kier alpha value is -3.13. The molecule has 3 aliphatic heterocycles. The SMILES string of the molecule is Nc1ccn([C@H]2C[C@H](OP(=O)(O)OC[C@H]3OC(n4cnc5c(N)ncnc54)[C@H](O)[C@@H]3OC(=O)C(N)CC[C@H]3CNCS3)[C@@H](COP(=O)(O)O)O2)c(=O)n1. The number of fused-ring (bicyclic) bond motifs is 1. The molecule has 11 N–H and O–H groups in total.